The van der Waals surface area contributed by atoms with Gasteiger partial charge >= 0.3 is 16.3 Å². The fourth-order valence-electron chi connectivity index (χ4n) is 0.584. The van der Waals surface area contributed by atoms with Crippen molar-refractivity contribution < 1.29 is 17.9 Å². The molecule has 7 heteroatoms. The van der Waals surface area contributed by atoms with E-state index in [1.807, 2.05) is 0 Å². The van der Waals surface area contributed by atoms with Crippen molar-refractivity contribution in [3.63, 3.8) is 0 Å². The highest BCUT2D eigenvalue weighted by Gasteiger charge is 2.12. The molecular weight excluding hydrogens is 208 g/mol. The van der Waals surface area contributed by atoms with Gasteiger partial charge in [-0.15, -0.1) is 12.3 Å². The Hall–Kier alpha value is -1.26. The summed E-state index contributed by atoms with van der Waals surface area (Å²) in [6.07, 6.45) is 4.92. The Balaban J connectivity index is 3.86. The maximum Gasteiger partial charge on any atom is 0.421 e. The van der Waals surface area contributed by atoms with Gasteiger partial charge in [-0.3, -0.25) is 0 Å². The molecule has 0 unspecified atom stereocenters. The smallest absolute Gasteiger partial charge is 0.421 e. The zero-order chi connectivity index (χ0) is 11.0. The van der Waals surface area contributed by atoms with Crippen LogP contribution in [0.25, 0.3) is 0 Å². The van der Waals surface area contributed by atoms with Crippen LogP contribution in [0, 0.1) is 12.3 Å². The van der Waals surface area contributed by atoms with E-state index in [9.17, 15) is 13.2 Å². The van der Waals surface area contributed by atoms with Crippen molar-refractivity contribution >= 4 is 16.3 Å². The van der Waals surface area contributed by atoms with Crippen molar-refractivity contribution in [3.8, 4) is 12.3 Å². The summed E-state index contributed by atoms with van der Waals surface area (Å²) in [5.74, 6) is 2.36. The van der Waals surface area contributed by atoms with Crippen molar-refractivity contribution in [2.45, 2.75) is 12.8 Å². The molecule has 0 bridgehead atoms. The van der Waals surface area contributed by atoms with Crippen LogP contribution >= 0.6 is 0 Å². The molecule has 14 heavy (non-hydrogen) atoms. The predicted molar refractivity (Wildman–Crippen MR) is 50.5 cm³/mol. The average molecular weight is 220 g/mol. The summed E-state index contributed by atoms with van der Waals surface area (Å²) in [4.78, 5) is 10.5. The number of ether oxygens (including phenoxy) is 1. The summed E-state index contributed by atoms with van der Waals surface area (Å²) in [5.41, 5.74) is 0. The van der Waals surface area contributed by atoms with Crippen molar-refractivity contribution in [3.05, 3.63) is 0 Å². The number of unbranched alkanes of at least 4 members (excludes halogenated alkanes) is 1. The number of terminal acetylenes is 1. The normalized spacial score (nSPS) is 10.3. The number of hydrogen-bond donors (Lipinski definition) is 2. The molecule has 0 rings (SSSR count). The average Bonchev–Trinajstić information content (AvgIpc) is 2.12. The van der Waals surface area contributed by atoms with Crippen LogP contribution in [0.1, 0.15) is 12.8 Å². The first-order chi connectivity index (χ1) is 6.52. The topological polar surface area (TPSA) is 84.5 Å². The molecule has 1 amide bonds. The lowest BCUT2D eigenvalue weighted by Crippen LogP contribution is -2.40. The molecule has 0 heterocycles. The molecule has 0 atom stereocenters. The molecule has 0 fully saturated rings. The van der Waals surface area contributed by atoms with Crippen molar-refractivity contribution in [2.75, 3.05) is 13.7 Å². The molecule has 0 aromatic carbocycles. The first kappa shape index (κ1) is 12.7. The molecule has 2 N–H and O–H groups in total. The van der Waals surface area contributed by atoms with Crippen molar-refractivity contribution in [1.29, 1.82) is 0 Å². The molecule has 0 saturated carbocycles. The van der Waals surface area contributed by atoms with Crippen LogP contribution in [0.4, 0.5) is 4.79 Å². The summed E-state index contributed by atoms with van der Waals surface area (Å²) < 4.78 is 29.8. The highest BCUT2D eigenvalue weighted by Crippen LogP contribution is 1.86. The molecule has 0 aliphatic heterocycles. The minimum atomic E-state index is -3.82. The minimum absolute atomic E-state index is 0.177. The molecule has 0 saturated heterocycles. The van der Waals surface area contributed by atoms with Crippen LogP contribution in [-0.2, 0) is 14.9 Å². The second-order valence-corrected chi connectivity index (χ2v) is 3.80. The summed E-state index contributed by atoms with van der Waals surface area (Å²) in [5, 5.41) is 0. The van der Waals surface area contributed by atoms with Gasteiger partial charge in [0, 0.05) is 13.0 Å². The van der Waals surface area contributed by atoms with Gasteiger partial charge in [-0.1, -0.05) is 0 Å². The molecule has 0 aromatic rings. The summed E-state index contributed by atoms with van der Waals surface area (Å²) in [7, 11) is -2.74. The van der Waals surface area contributed by atoms with E-state index in [-0.39, 0.29) is 6.54 Å². The largest absolute Gasteiger partial charge is 0.452 e. The molecule has 0 aliphatic carbocycles. The maximum absolute atomic E-state index is 11.0. The Bertz CT molecular complexity index is 317. The van der Waals surface area contributed by atoms with E-state index in [0.29, 0.717) is 12.8 Å². The van der Waals surface area contributed by atoms with Gasteiger partial charge in [0.15, 0.2) is 0 Å². The van der Waals surface area contributed by atoms with Gasteiger partial charge in [-0.2, -0.15) is 13.1 Å². The lowest BCUT2D eigenvalue weighted by molar-refractivity contribution is 0.177. The quantitative estimate of drug-likeness (QED) is 0.487. The van der Waals surface area contributed by atoms with E-state index in [4.69, 9.17) is 6.42 Å². The summed E-state index contributed by atoms with van der Waals surface area (Å²) >= 11 is 0. The first-order valence-corrected chi connectivity index (χ1v) is 5.29. The van der Waals surface area contributed by atoms with Gasteiger partial charge in [0.2, 0.25) is 0 Å². The minimum Gasteiger partial charge on any atom is -0.452 e. The zero-order valence-electron chi connectivity index (χ0n) is 7.74. The number of carbonyl (C=O) groups is 1. The highest BCUT2D eigenvalue weighted by molar-refractivity contribution is 7.88. The fraction of sp³-hybridized carbons (Fsp3) is 0.571. The third kappa shape index (κ3) is 6.28. The van der Waals surface area contributed by atoms with Gasteiger partial charge in [0.1, 0.15) is 0 Å². The number of methoxy groups -OCH3 is 1. The lowest BCUT2D eigenvalue weighted by atomic mass is 10.3. The van der Waals surface area contributed by atoms with Crippen LogP contribution in [0.15, 0.2) is 0 Å². The van der Waals surface area contributed by atoms with Gasteiger partial charge in [-0.05, 0) is 6.42 Å². The zero-order valence-corrected chi connectivity index (χ0v) is 8.56. The van der Waals surface area contributed by atoms with Crippen molar-refractivity contribution in [1.82, 2.24) is 9.44 Å². The number of amides is 1. The third-order valence-electron chi connectivity index (χ3n) is 1.19. The molecule has 80 valence electrons. The number of carbonyl (C=O) groups excluding carboxylic acids is 1. The molecular formula is C7H12N2O4S. The van der Waals surface area contributed by atoms with E-state index >= 15 is 0 Å². The van der Waals surface area contributed by atoms with E-state index in [0.717, 1.165) is 7.11 Å². The van der Waals surface area contributed by atoms with Gasteiger partial charge in [0.25, 0.3) is 0 Å². The monoisotopic (exact) mass is 220 g/mol. The molecule has 0 aliphatic rings. The number of hydrogen-bond acceptors (Lipinski definition) is 4. The Kier molecular flexibility index (Phi) is 5.67. The Morgan fingerprint density at radius 2 is 2.21 bits per heavy atom. The van der Waals surface area contributed by atoms with Crippen molar-refractivity contribution in [2.24, 2.45) is 0 Å². The Morgan fingerprint density at radius 3 is 2.71 bits per heavy atom. The molecule has 0 spiro atoms. The number of rotatable bonds is 5. The SMILES string of the molecule is C#CCCCNS(=O)(=O)NC(=O)OC. The number of nitrogens with one attached hydrogen (secondary N) is 2. The van der Waals surface area contributed by atoms with Crippen LogP contribution in [0.2, 0.25) is 0 Å². The van der Waals surface area contributed by atoms with Crippen LogP contribution in [0.5, 0.6) is 0 Å². The van der Waals surface area contributed by atoms with E-state index in [2.05, 4.69) is 15.4 Å². The second-order valence-electron chi connectivity index (χ2n) is 2.30. The highest BCUT2D eigenvalue weighted by atomic mass is 32.2. The Labute approximate surface area is 83.2 Å². The third-order valence-corrected chi connectivity index (χ3v) is 2.21. The van der Waals surface area contributed by atoms with Gasteiger partial charge < -0.3 is 4.74 Å². The summed E-state index contributed by atoms with van der Waals surface area (Å²) in [6, 6.07) is 0. The van der Waals surface area contributed by atoms with Gasteiger partial charge in [0.05, 0.1) is 7.11 Å². The van der Waals surface area contributed by atoms with E-state index in [1.54, 1.807) is 4.72 Å². The van der Waals surface area contributed by atoms with E-state index in [1.165, 1.54) is 0 Å². The molecule has 0 aromatic heterocycles. The first-order valence-electron chi connectivity index (χ1n) is 3.80. The lowest BCUT2D eigenvalue weighted by Gasteiger charge is -2.05. The standard InChI is InChI=1S/C7H12N2O4S/c1-3-4-5-6-8-14(11,12)9-7(10)13-2/h1,8H,4-6H2,2H3,(H,9,10). The van der Waals surface area contributed by atoms with Crippen LogP contribution < -0.4 is 9.44 Å². The second kappa shape index (κ2) is 6.23. The predicted octanol–water partition coefficient (Wildman–Crippen LogP) is -0.410. The van der Waals surface area contributed by atoms with Gasteiger partial charge in [-0.25, -0.2) is 9.52 Å². The van der Waals surface area contributed by atoms with Crippen LogP contribution in [-0.4, -0.2) is 28.2 Å². The molecule has 0 radical (unpaired) electrons. The maximum atomic E-state index is 11.0. The summed E-state index contributed by atoms with van der Waals surface area (Å²) in [6.45, 7) is 0.177. The van der Waals surface area contributed by atoms with E-state index < -0.39 is 16.3 Å². The van der Waals surface area contributed by atoms with Crippen LogP contribution in [0.3, 0.4) is 0 Å². The fourth-order valence-corrected chi connectivity index (χ4v) is 1.37. The Morgan fingerprint density at radius 1 is 1.57 bits per heavy atom. The molecule has 6 nitrogen and oxygen atoms in total.